The molecule has 1 fully saturated rings. The number of carboxylic acid groups (broad SMARTS) is 1. The molecule has 1 atom stereocenters. The molecule has 2 aliphatic heterocycles. The Kier molecular flexibility index (Phi) is 6.15. The average Bonchev–Trinajstić information content (AvgIpc) is 2.95. The van der Waals surface area contributed by atoms with Crippen molar-refractivity contribution in [2.75, 3.05) is 5.75 Å². The summed E-state index contributed by atoms with van der Waals surface area (Å²) in [6.07, 6.45) is 3.23. The minimum Gasteiger partial charge on any atom is -0.481 e. The second-order valence-corrected chi connectivity index (χ2v) is 7.87. The summed E-state index contributed by atoms with van der Waals surface area (Å²) in [6.45, 7) is 0.378. The number of carbonyl (C=O) groups is 4. The molecule has 144 valence electrons. The van der Waals surface area contributed by atoms with Crippen molar-refractivity contribution in [3.63, 3.8) is 0 Å². The Balaban J connectivity index is 1.61. The van der Waals surface area contributed by atoms with Gasteiger partial charge in [-0.1, -0.05) is 12.5 Å². The standard InChI is InChI=1S/C19H22N2O5S/c22-16-9-8-14(18(25)20-16)21-11-13-12(19(21)26)5-4-6-15(13)27-10-3-1-2-7-17(23)24/h4-6,14H,1-3,7-11H2,(H,23,24)(H,20,22,25). The maximum atomic E-state index is 12.8. The van der Waals surface area contributed by atoms with Crippen LogP contribution in [0.2, 0.25) is 0 Å². The van der Waals surface area contributed by atoms with E-state index in [1.54, 1.807) is 22.7 Å². The highest BCUT2D eigenvalue weighted by atomic mass is 32.2. The predicted octanol–water partition coefficient (Wildman–Crippen LogP) is 2.18. The molecule has 0 saturated carbocycles. The lowest BCUT2D eigenvalue weighted by atomic mass is 10.0. The highest BCUT2D eigenvalue weighted by Crippen LogP contribution is 2.34. The quantitative estimate of drug-likeness (QED) is 0.401. The van der Waals surface area contributed by atoms with Gasteiger partial charge in [0.2, 0.25) is 11.8 Å². The lowest BCUT2D eigenvalue weighted by Gasteiger charge is -2.29. The number of amides is 3. The molecule has 1 aromatic carbocycles. The monoisotopic (exact) mass is 390 g/mol. The van der Waals surface area contributed by atoms with Gasteiger partial charge in [0.15, 0.2) is 0 Å². The van der Waals surface area contributed by atoms with Crippen LogP contribution in [0.4, 0.5) is 0 Å². The van der Waals surface area contributed by atoms with Crippen molar-refractivity contribution in [3.05, 3.63) is 29.3 Å². The van der Waals surface area contributed by atoms with Gasteiger partial charge < -0.3 is 10.0 Å². The number of hydrogen-bond donors (Lipinski definition) is 2. The molecule has 1 saturated heterocycles. The first-order valence-corrected chi connectivity index (χ1v) is 10.1. The summed E-state index contributed by atoms with van der Waals surface area (Å²) in [4.78, 5) is 49.3. The highest BCUT2D eigenvalue weighted by Gasteiger charge is 2.39. The second-order valence-electron chi connectivity index (χ2n) is 6.74. The van der Waals surface area contributed by atoms with E-state index in [1.165, 1.54) is 0 Å². The Morgan fingerprint density at radius 2 is 2.04 bits per heavy atom. The Morgan fingerprint density at radius 1 is 1.22 bits per heavy atom. The zero-order valence-corrected chi connectivity index (χ0v) is 15.7. The topological polar surface area (TPSA) is 104 Å². The van der Waals surface area contributed by atoms with E-state index in [-0.39, 0.29) is 24.7 Å². The van der Waals surface area contributed by atoms with Crippen LogP contribution < -0.4 is 5.32 Å². The zero-order valence-electron chi connectivity index (χ0n) is 14.9. The van der Waals surface area contributed by atoms with Crippen LogP contribution in [0.15, 0.2) is 23.1 Å². The van der Waals surface area contributed by atoms with Crippen molar-refractivity contribution in [3.8, 4) is 0 Å². The van der Waals surface area contributed by atoms with E-state index in [2.05, 4.69) is 5.32 Å². The lowest BCUT2D eigenvalue weighted by molar-refractivity contribution is -0.138. The molecule has 7 nitrogen and oxygen atoms in total. The lowest BCUT2D eigenvalue weighted by Crippen LogP contribution is -2.52. The molecule has 2 N–H and O–H groups in total. The number of rotatable bonds is 8. The normalized spacial score (nSPS) is 19.2. The number of nitrogens with zero attached hydrogens (tertiary/aromatic N) is 1. The molecule has 3 rings (SSSR count). The fourth-order valence-electron chi connectivity index (χ4n) is 3.43. The van der Waals surface area contributed by atoms with Gasteiger partial charge in [0, 0.05) is 29.8 Å². The minimum atomic E-state index is -0.768. The Morgan fingerprint density at radius 3 is 2.78 bits per heavy atom. The third-order valence-corrected chi connectivity index (χ3v) is 6.02. The largest absolute Gasteiger partial charge is 0.481 e. The van der Waals surface area contributed by atoms with Gasteiger partial charge in [-0.25, -0.2) is 0 Å². The van der Waals surface area contributed by atoms with Crippen LogP contribution in [-0.2, 0) is 20.9 Å². The van der Waals surface area contributed by atoms with Crippen LogP contribution >= 0.6 is 11.8 Å². The van der Waals surface area contributed by atoms with Crippen molar-refractivity contribution < 1.29 is 24.3 Å². The smallest absolute Gasteiger partial charge is 0.303 e. The van der Waals surface area contributed by atoms with Crippen LogP contribution in [0.3, 0.4) is 0 Å². The van der Waals surface area contributed by atoms with Crippen LogP contribution in [-0.4, -0.2) is 45.5 Å². The molecule has 8 heteroatoms. The van der Waals surface area contributed by atoms with E-state index in [9.17, 15) is 19.2 Å². The maximum absolute atomic E-state index is 12.8. The van der Waals surface area contributed by atoms with Gasteiger partial charge in [-0.3, -0.25) is 24.5 Å². The molecule has 0 aromatic heterocycles. The summed E-state index contributed by atoms with van der Waals surface area (Å²) in [6, 6.07) is 5.00. The van der Waals surface area contributed by atoms with Gasteiger partial charge in [0.05, 0.1) is 0 Å². The van der Waals surface area contributed by atoms with Crippen LogP contribution in [0, 0.1) is 0 Å². The number of aliphatic carboxylic acids is 1. The average molecular weight is 390 g/mol. The van der Waals surface area contributed by atoms with Crippen molar-refractivity contribution in [2.45, 2.75) is 56.0 Å². The predicted molar refractivity (Wildman–Crippen MR) is 99.3 cm³/mol. The number of fused-ring (bicyclic) bond motifs is 1. The van der Waals surface area contributed by atoms with E-state index < -0.39 is 17.9 Å². The number of unbranched alkanes of at least 4 members (excludes halogenated alkanes) is 2. The molecule has 0 aliphatic carbocycles. The van der Waals surface area contributed by atoms with Crippen LogP contribution in [0.5, 0.6) is 0 Å². The number of imide groups is 1. The van der Waals surface area contributed by atoms with E-state index in [0.29, 0.717) is 24.9 Å². The fourth-order valence-corrected chi connectivity index (χ4v) is 4.52. The second kappa shape index (κ2) is 8.56. The SMILES string of the molecule is O=C(O)CCCCCSc1cccc2c1CN(C1CCC(=O)NC1=O)C2=O. The van der Waals surface area contributed by atoms with Gasteiger partial charge in [-0.2, -0.15) is 0 Å². The van der Waals surface area contributed by atoms with Gasteiger partial charge in [-0.15, -0.1) is 11.8 Å². The maximum Gasteiger partial charge on any atom is 0.303 e. The Bertz CT molecular complexity index is 779. The summed E-state index contributed by atoms with van der Waals surface area (Å²) in [7, 11) is 0. The van der Waals surface area contributed by atoms with Gasteiger partial charge in [0.25, 0.3) is 5.91 Å². The molecule has 2 heterocycles. The molecule has 0 spiro atoms. The highest BCUT2D eigenvalue weighted by molar-refractivity contribution is 7.99. The van der Waals surface area contributed by atoms with E-state index in [0.717, 1.165) is 29.1 Å². The summed E-state index contributed by atoms with van der Waals surface area (Å²) in [5.41, 5.74) is 1.55. The third kappa shape index (κ3) is 4.50. The zero-order chi connectivity index (χ0) is 19.4. The fraction of sp³-hybridized carbons (Fsp3) is 0.474. The summed E-state index contributed by atoms with van der Waals surface area (Å²) in [5.74, 6) is -0.776. The number of nitrogens with one attached hydrogen (secondary N) is 1. The van der Waals surface area contributed by atoms with Gasteiger partial charge in [-0.05, 0) is 42.7 Å². The van der Waals surface area contributed by atoms with E-state index in [4.69, 9.17) is 5.11 Å². The van der Waals surface area contributed by atoms with Crippen molar-refractivity contribution in [2.24, 2.45) is 0 Å². The first-order chi connectivity index (χ1) is 13.0. The summed E-state index contributed by atoms with van der Waals surface area (Å²) >= 11 is 1.66. The summed E-state index contributed by atoms with van der Waals surface area (Å²) in [5, 5.41) is 11.0. The number of thioether (sulfide) groups is 1. The van der Waals surface area contributed by atoms with Crippen LogP contribution in [0.25, 0.3) is 0 Å². The van der Waals surface area contributed by atoms with Gasteiger partial charge in [0.1, 0.15) is 6.04 Å². The van der Waals surface area contributed by atoms with Crippen molar-refractivity contribution >= 4 is 35.5 Å². The Hall–Kier alpha value is -2.35. The first-order valence-electron chi connectivity index (χ1n) is 9.08. The molecule has 2 aliphatic rings. The number of benzene rings is 1. The minimum absolute atomic E-state index is 0.164. The number of carbonyl (C=O) groups excluding carboxylic acids is 3. The molecule has 27 heavy (non-hydrogen) atoms. The van der Waals surface area contributed by atoms with Gasteiger partial charge >= 0.3 is 5.97 Å². The first kappa shape index (κ1) is 19.4. The molecular weight excluding hydrogens is 368 g/mol. The van der Waals surface area contributed by atoms with Crippen LogP contribution in [0.1, 0.15) is 54.4 Å². The van der Waals surface area contributed by atoms with Crippen molar-refractivity contribution in [1.29, 1.82) is 0 Å². The molecular formula is C19H22N2O5S. The van der Waals surface area contributed by atoms with E-state index in [1.807, 2.05) is 12.1 Å². The van der Waals surface area contributed by atoms with E-state index >= 15 is 0 Å². The number of carboxylic acids is 1. The van der Waals surface area contributed by atoms with Crippen molar-refractivity contribution in [1.82, 2.24) is 10.2 Å². The molecule has 0 bridgehead atoms. The molecule has 3 amide bonds. The number of piperidine rings is 1. The number of hydrogen-bond acceptors (Lipinski definition) is 5. The molecule has 0 radical (unpaired) electrons. The molecule has 1 aromatic rings. The molecule has 1 unspecified atom stereocenters. The Labute approximate surface area is 161 Å². The third-order valence-electron chi connectivity index (χ3n) is 4.83. The summed E-state index contributed by atoms with van der Waals surface area (Å²) < 4.78 is 0.